The summed E-state index contributed by atoms with van der Waals surface area (Å²) < 4.78 is 15.8. The number of nitrogens with zero attached hydrogens (tertiary/aromatic N) is 5. The number of anilines is 1. The number of hydrogen-bond acceptors (Lipinski definition) is 7. The van der Waals surface area contributed by atoms with Crippen LogP contribution in [0.5, 0.6) is 0 Å². The normalized spacial score (nSPS) is 17.7. The second kappa shape index (κ2) is 9.08. The molecule has 36 heavy (non-hydrogen) atoms. The number of unbranched alkanes of at least 4 members (excludes halogenated alkanes) is 1. The second-order valence-corrected chi connectivity index (χ2v) is 8.68. The highest BCUT2D eigenvalue weighted by Crippen LogP contribution is 2.42. The van der Waals surface area contributed by atoms with Crippen molar-refractivity contribution in [1.29, 1.82) is 0 Å². The van der Waals surface area contributed by atoms with E-state index in [1.54, 1.807) is 41.2 Å². The average molecular weight is 490 g/mol. The largest absolute Gasteiger partial charge is 0.481 e. The number of carbonyl (C=O) groups is 2. The van der Waals surface area contributed by atoms with Gasteiger partial charge in [0.15, 0.2) is 17.1 Å². The van der Waals surface area contributed by atoms with Gasteiger partial charge in [0.25, 0.3) is 5.91 Å². The Bertz CT molecular complexity index is 1490. The molecule has 184 valence electrons. The SMILES string of the molecule is CCCCC(C(=O)O)C1(O)C(=O)Nc2nc(-c3nn(Cc4ccccc4F)c4ncccc34)ncc21. The van der Waals surface area contributed by atoms with Gasteiger partial charge in [0.2, 0.25) is 0 Å². The van der Waals surface area contributed by atoms with Crippen molar-refractivity contribution >= 4 is 28.7 Å². The molecule has 2 atom stereocenters. The van der Waals surface area contributed by atoms with Crippen LogP contribution < -0.4 is 5.32 Å². The van der Waals surface area contributed by atoms with Gasteiger partial charge in [0, 0.05) is 18.0 Å². The first-order valence-electron chi connectivity index (χ1n) is 11.5. The molecule has 1 amide bonds. The number of aliphatic hydroxyl groups is 1. The lowest BCUT2D eigenvalue weighted by molar-refractivity contribution is -0.160. The van der Waals surface area contributed by atoms with Crippen molar-refractivity contribution in [2.45, 2.75) is 38.3 Å². The van der Waals surface area contributed by atoms with Crippen LogP contribution in [0.3, 0.4) is 0 Å². The lowest BCUT2D eigenvalue weighted by atomic mass is 9.80. The summed E-state index contributed by atoms with van der Waals surface area (Å²) in [6.07, 6.45) is 4.21. The summed E-state index contributed by atoms with van der Waals surface area (Å²) in [5.74, 6) is -3.69. The summed E-state index contributed by atoms with van der Waals surface area (Å²) in [5.41, 5.74) is -1.01. The predicted molar refractivity (Wildman–Crippen MR) is 127 cm³/mol. The van der Waals surface area contributed by atoms with E-state index in [4.69, 9.17) is 0 Å². The fourth-order valence-corrected chi connectivity index (χ4v) is 4.53. The van der Waals surface area contributed by atoms with E-state index in [0.717, 1.165) is 0 Å². The van der Waals surface area contributed by atoms with Crippen LogP contribution in [0.1, 0.15) is 37.3 Å². The first-order valence-corrected chi connectivity index (χ1v) is 11.5. The van der Waals surface area contributed by atoms with Crippen LogP contribution in [-0.2, 0) is 21.7 Å². The maximum Gasteiger partial charge on any atom is 0.310 e. The van der Waals surface area contributed by atoms with Crippen LogP contribution in [0.25, 0.3) is 22.6 Å². The van der Waals surface area contributed by atoms with E-state index in [0.29, 0.717) is 35.1 Å². The average Bonchev–Trinajstić information content (AvgIpc) is 3.35. The molecule has 0 bridgehead atoms. The molecule has 4 heterocycles. The Kier molecular flexibility index (Phi) is 5.92. The van der Waals surface area contributed by atoms with E-state index in [2.05, 4.69) is 25.4 Å². The number of aromatic nitrogens is 5. The van der Waals surface area contributed by atoms with E-state index in [9.17, 15) is 24.2 Å². The maximum absolute atomic E-state index is 14.3. The molecular formula is C25H23FN6O4. The van der Waals surface area contributed by atoms with E-state index >= 15 is 0 Å². The number of carboxylic acid groups (broad SMARTS) is 1. The molecule has 0 saturated carbocycles. The third-order valence-electron chi connectivity index (χ3n) is 6.42. The molecule has 0 spiro atoms. The van der Waals surface area contributed by atoms with Gasteiger partial charge in [-0.25, -0.2) is 24.0 Å². The Morgan fingerprint density at radius 3 is 2.78 bits per heavy atom. The highest BCUT2D eigenvalue weighted by atomic mass is 19.1. The number of amides is 1. The summed E-state index contributed by atoms with van der Waals surface area (Å²) in [4.78, 5) is 37.9. The zero-order valence-electron chi connectivity index (χ0n) is 19.3. The molecule has 0 fully saturated rings. The van der Waals surface area contributed by atoms with Gasteiger partial charge in [0.1, 0.15) is 17.3 Å². The van der Waals surface area contributed by atoms with E-state index in [1.807, 2.05) is 6.92 Å². The van der Waals surface area contributed by atoms with Crippen molar-refractivity contribution < 1.29 is 24.2 Å². The number of carboxylic acids is 1. The number of rotatable bonds is 8. The number of aliphatic carboxylic acids is 1. The van der Waals surface area contributed by atoms with Crippen LogP contribution in [0.15, 0.2) is 48.8 Å². The van der Waals surface area contributed by atoms with Crippen LogP contribution >= 0.6 is 0 Å². The third kappa shape index (κ3) is 3.77. The minimum atomic E-state index is -2.29. The summed E-state index contributed by atoms with van der Waals surface area (Å²) in [6, 6.07) is 9.86. The minimum absolute atomic E-state index is 0.00738. The fraction of sp³-hybridized carbons (Fsp3) is 0.280. The van der Waals surface area contributed by atoms with E-state index in [-0.39, 0.29) is 36.0 Å². The van der Waals surface area contributed by atoms with Crippen LogP contribution in [-0.4, -0.2) is 46.8 Å². The van der Waals surface area contributed by atoms with Gasteiger partial charge >= 0.3 is 5.97 Å². The Hall–Kier alpha value is -4.25. The molecular weight excluding hydrogens is 467 g/mol. The number of carbonyl (C=O) groups excluding carboxylic acids is 1. The number of fused-ring (bicyclic) bond motifs is 2. The molecule has 2 unspecified atom stereocenters. The molecule has 10 nitrogen and oxygen atoms in total. The van der Waals surface area contributed by atoms with Crippen molar-refractivity contribution in [3.63, 3.8) is 0 Å². The fourth-order valence-electron chi connectivity index (χ4n) is 4.53. The minimum Gasteiger partial charge on any atom is -0.481 e. The Labute approximate surface area is 204 Å². The summed E-state index contributed by atoms with van der Waals surface area (Å²) in [7, 11) is 0. The zero-order valence-corrected chi connectivity index (χ0v) is 19.3. The second-order valence-electron chi connectivity index (χ2n) is 8.68. The van der Waals surface area contributed by atoms with E-state index < -0.39 is 23.4 Å². The summed E-state index contributed by atoms with van der Waals surface area (Å²) >= 11 is 0. The maximum atomic E-state index is 14.3. The van der Waals surface area contributed by atoms with Gasteiger partial charge in [-0.2, -0.15) is 5.10 Å². The van der Waals surface area contributed by atoms with E-state index in [1.165, 1.54) is 12.3 Å². The quantitative estimate of drug-likeness (QED) is 0.342. The van der Waals surface area contributed by atoms with Crippen molar-refractivity contribution in [1.82, 2.24) is 24.7 Å². The highest BCUT2D eigenvalue weighted by molar-refractivity contribution is 6.06. The van der Waals surface area contributed by atoms with Gasteiger partial charge in [-0.3, -0.25) is 9.59 Å². The van der Waals surface area contributed by atoms with Gasteiger partial charge in [-0.15, -0.1) is 0 Å². The number of pyridine rings is 1. The smallest absolute Gasteiger partial charge is 0.310 e. The molecule has 1 aromatic carbocycles. The zero-order chi connectivity index (χ0) is 25.4. The monoisotopic (exact) mass is 490 g/mol. The summed E-state index contributed by atoms with van der Waals surface area (Å²) in [5, 5.41) is 28.7. The molecule has 0 aliphatic carbocycles. The first-order chi connectivity index (χ1) is 17.3. The van der Waals surface area contributed by atoms with Gasteiger partial charge < -0.3 is 15.5 Å². The predicted octanol–water partition coefficient (Wildman–Crippen LogP) is 3.11. The molecule has 11 heteroatoms. The van der Waals surface area contributed by atoms with Gasteiger partial charge in [-0.1, -0.05) is 38.0 Å². The molecule has 1 aliphatic heterocycles. The number of benzene rings is 1. The van der Waals surface area contributed by atoms with Crippen molar-refractivity contribution in [3.05, 3.63) is 65.7 Å². The topological polar surface area (TPSA) is 143 Å². The standard InChI is InChI=1S/C25H23FN6O4/c1-2-3-9-16(23(33)34)25(36)17-12-28-21(29-20(17)30-24(25)35)19-15-8-6-11-27-22(15)32(31-19)13-14-7-4-5-10-18(14)26/h4-8,10-12,16,36H,2-3,9,13H2,1H3,(H,33,34)(H,28,29,30,35). The molecule has 4 aromatic rings. The highest BCUT2D eigenvalue weighted by Gasteiger charge is 2.55. The Balaban J connectivity index is 1.57. The molecule has 0 radical (unpaired) electrons. The Morgan fingerprint density at radius 2 is 2.03 bits per heavy atom. The molecule has 0 saturated heterocycles. The Morgan fingerprint density at radius 1 is 1.22 bits per heavy atom. The van der Waals surface area contributed by atoms with Crippen LogP contribution in [0.2, 0.25) is 0 Å². The molecule has 5 rings (SSSR count). The number of halogens is 1. The van der Waals surface area contributed by atoms with Gasteiger partial charge in [0.05, 0.1) is 23.4 Å². The van der Waals surface area contributed by atoms with Crippen molar-refractivity contribution in [3.8, 4) is 11.5 Å². The van der Waals surface area contributed by atoms with Gasteiger partial charge in [-0.05, 0) is 24.6 Å². The third-order valence-corrected chi connectivity index (χ3v) is 6.42. The van der Waals surface area contributed by atoms with Crippen LogP contribution in [0.4, 0.5) is 10.2 Å². The first kappa shape index (κ1) is 23.5. The van der Waals surface area contributed by atoms with Crippen LogP contribution in [0, 0.1) is 11.7 Å². The van der Waals surface area contributed by atoms with Crippen molar-refractivity contribution in [2.75, 3.05) is 5.32 Å². The summed E-state index contributed by atoms with van der Waals surface area (Å²) in [6.45, 7) is 2.02. The lowest BCUT2D eigenvalue weighted by Gasteiger charge is -2.27. The number of nitrogens with one attached hydrogen (secondary N) is 1. The van der Waals surface area contributed by atoms with Crippen molar-refractivity contribution in [2.24, 2.45) is 5.92 Å². The lowest BCUT2D eigenvalue weighted by Crippen LogP contribution is -2.45. The molecule has 3 aromatic heterocycles. The number of hydrogen-bond donors (Lipinski definition) is 3. The molecule has 1 aliphatic rings. The molecule has 3 N–H and O–H groups in total.